The molecule has 33 heavy (non-hydrogen) atoms. The molecule has 0 aliphatic carbocycles. The summed E-state index contributed by atoms with van der Waals surface area (Å²) < 4.78 is 12.8. The van der Waals surface area contributed by atoms with Gasteiger partial charge in [-0.3, -0.25) is 4.79 Å². The van der Waals surface area contributed by atoms with Gasteiger partial charge in [-0.2, -0.15) is 5.10 Å². The summed E-state index contributed by atoms with van der Waals surface area (Å²) in [4.78, 5) is 29.7. The molecule has 0 atom stereocenters. The number of esters is 1. The molecule has 168 valence electrons. The van der Waals surface area contributed by atoms with Gasteiger partial charge in [0.2, 0.25) is 0 Å². The summed E-state index contributed by atoms with van der Waals surface area (Å²) in [6.45, 7) is 4.81. The Morgan fingerprint density at radius 2 is 2.03 bits per heavy atom. The average Bonchev–Trinajstić information content (AvgIpc) is 3.46. The summed E-state index contributed by atoms with van der Waals surface area (Å²) in [5.41, 5.74) is 5.41. The molecule has 4 aromatic rings. The van der Waals surface area contributed by atoms with Crippen LogP contribution in [0.25, 0.3) is 11.0 Å². The van der Waals surface area contributed by atoms with Gasteiger partial charge in [0.15, 0.2) is 11.5 Å². The van der Waals surface area contributed by atoms with E-state index in [4.69, 9.17) is 9.47 Å². The minimum absolute atomic E-state index is 0.298. The minimum atomic E-state index is -0.451. The van der Waals surface area contributed by atoms with Gasteiger partial charge in [-0.15, -0.1) is 11.3 Å². The minimum Gasteiger partial charge on any atom is -0.493 e. The van der Waals surface area contributed by atoms with Crippen LogP contribution in [0, 0.1) is 6.92 Å². The number of benzene rings is 2. The van der Waals surface area contributed by atoms with Crippen molar-refractivity contribution in [2.45, 2.75) is 20.4 Å². The highest BCUT2D eigenvalue weighted by Gasteiger charge is 2.14. The number of nitrogens with zero attached hydrogens (tertiary/aromatic N) is 3. The van der Waals surface area contributed by atoms with Crippen LogP contribution < -0.4 is 14.9 Å². The maximum absolute atomic E-state index is 12.5. The number of aromatic nitrogens is 2. The molecule has 0 unspecified atom stereocenters. The van der Waals surface area contributed by atoms with Gasteiger partial charge in [-0.05, 0) is 67.3 Å². The van der Waals surface area contributed by atoms with Crippen molar-refractivity contribution in [3.05, 3.63) is 75.7 Å². The maximum Gasteiger partial charge on any atom is 0.353 e. The monoisotopic (exact) mass is 462 g/mol. The summed E-state index contributed by atoms with van der Waals surface area (Å²) in [5.74, 6) is 0.787. The number of hydrazone groups is 1. The molecule has 2 aromatic heterocycles. The molecule has 0 radical (unpaired) electrons. The molecule has 4 rings (SSSR count). The number of amides is 1. The fourth-order valence-electron chi connectivity index (χ4n) is 3.41. The predicted octanol–water partition coefficient (Wildman–Crippen LogP) is 4.42. The van der Waals surface area contributed by atoms with E-state index in [-0.39, 0.29) is 5.91 Å². The van der Waals surface area contributed by atoms with E-state index in [1.54, 1.807) is 47.8 Å². The third-order valence-corrected chi connectivity index (χ3v) is 5.86. The first kappa shape index (κ1) is 22.2. The van der Waals surface area contributed by atoms with E-state index in [1.807, 2.05) is 13.0 Å². The second kappa shape index (κ2) is 9.66. The van der Waals surface area contributed by atoms with Crippen molar-refractivity contribution in [3.63, 3.8) is 0 Å². The fraction of sp³-hybridized carbons (Fsp3) is 0.167. The molecule has 0 saturated heterocycles. The van der Waals surface area contributed by atoms with Crippen LogP contribution in [-0.2, 0) is 6.54 Å². The highest BCUT2D eigenvalue weighted by molar-refractivity contribution is 7.12. The van der Waals surface area contributed by atoms with Crippen LogP contribution in [0.15, 0.2) is 59.0 Å². The third-order valence-electron chi connectivity index (χ3n) is 5.01. The van der Waals surface area contributed by atoms with Crippen molar-refractivity contribution in [1.82, 2.24) is 15.0 Å². The van der Waals surface area contributed by atoms with Gasteiger partial charge >= 0.3 is 5.97 Å². The largest absolute Gasteiger partial charge is 0.493 e. The molecule has 0 bridgehead atoms. The first-order valence-corrected chi connectivity index (χ1v) is 11.1. The number of methoxy groups -OCH3 is 1. The number of carbonyl (C=O) groups excluding carboxylic acids is 2. The van der Waals surface area contributed by atoms with E-state index in [0.29, 0.717) is 27.5 Å². The molecule has 0 aliphatic heterocycles. The zero-order valence-corrected chi connectivity index (χ0v) is 19.2. The molecule has 0 aliphatic rings. The number of fused-ring (bicyclic) bond motifs is 1. The lowest BCUT2D eigenvalue weighted by atomic mass is 10.2. The normalized spacial score (nSPS) is 11.1. The van der Waals surface area contributed by atoms with Crippen LogP contribution in [0.3, 0.4) is 0 Å². The molecule has 2 aromatic carbocycles. The zero-order valence-electron chi connectivity index (χ0n) is 18.4. The Bertz CT molecular complexity index is 1340. The van der Waals surface area contributed by atoms with Crippen molar-refractivity contribution in [2.24, 2.45) is 5.10 Å². The lowest BCUT2D eigenvalue weighted by Crippen LogP contribution is -2.17. The summed E-state index contributed by atoms with van der Waals surface area (Å²) in [5, 5.41) is 5.84. The van der Waals surface area contributed by atoms with Gasteiger partial charge in [0.1, 0.15) is 10.7 Å². The Morgan fingerprint density at radius 3 is 2.76 bits per heavy atom. The molecule has 9 heteroatoms. The molecule has 0 spiro atoms. The summed E-state index contributed by atoms with van der Waals surface area (Å²) in [6, 6.07) is 13.9. The quantitative estimate of drug-likeness (QED) is 0.190. The number of ether oxygens (including phenoxy) is 2. The molecule has 8 nitrogen and oxygen atoms in total. The zero-order chi connectivity index (χ0) is 23.4. The van der Waals surface area contributed by atoms with Crippen LogP contribution >= 0.6 is 11.3 Å². The summed E-state index contributed by atoms with van der Waals surface area (Å²) in [7, 11) is 1.48. The topological polar surface area (TPSA) is 94.8 Å². The van der Waals surface area contributed by atoms with E-state index in [0.717, 1.165) is 23.4 Å². The number of carbonyl (C=O) groups is 2. The standard InChI is InChI=1S/C24H22N4O4S/c1-4-28-15(2)26-18-13-17(8-9-19(18)28)23(29)27-25-14-16-7-10-20(21(12-16)31-3)32-24(30)22-6-5-11-33-22/h5-14H,4H2,1-3H3,(H,27,29)/b25-14+. The Morgan fingerprint density at radius 1 is 1.18 bits per heavy atom. The van der Waals surface area contributed by atoms with Crippen molar-refractivity contribution >= 4 is 40.5 Å². The second-order valence-corrected chi connectivity index (χ2v) is 8.03. The van der Waals surface area contributed by atoms with Gasteiger partial charge < -0.3 is 14.0 Å². The maximum atomic E-state index is 12.5. The summed E-state index contributed by atoms with van der Waals surface area (Å²) >= 11 is 1.30. The molecular formula is C24H22N4O4S. The van der Waals surface area contributed by atoms with E-state index < -0.39 is 5.97 Å². The Balaban J connectivity index is 1.44. The second-order valence-electron chi connectivity index (χ2n) is 7.08. The fourth-order valence-corrected chi connectivity index (χ4v) is 4.01. The number of hydrogen-bond acceptors (Lipinski definition) is 7. The number of thiophene rings is 1. The lowest BCUT2D eigenvalue weighted by molar-refractivity contribution is 0.0734. The highest BCUT2D eigenvalue weighted by atomic mass is 32.1. The number of aryl methyl sites for hydroxylation is 2. The van der Waals surface area contributed by atoms with Crippen LogP contribution in [0.1, 0.15) is 38.3 Å². The van der Waals surface area contributed by atoms with Crippen LogP contribution in [0.2, 0.25) is 0 Å². The van der Waals surface area contributed by atoms with E-state index in [2.05, 4.69) is 27.0 Å². The summed E-state index contributed by atoms with van der Waals surface area (Å²) in [6.07, 6.45) is 1.49. The number of nitrogens with one attached hydrogen (secondary N) is 1. The van der Waals surface area contributed by atoms with Gasteiger partial charge in [0.25, 0.3) is 5.91 Å². The van der Waals surface area contributed by atoms with E-state index in [1.165, 1.54) is 24.7 Å². The predicted molar refractivity (Wildman–Crippen MR) is 127 cm³/mol. The van der Waals surface area contributed by atoms with Crippen molar-refractivity contribution < 1.29 is 19.1 Å². The number of rotatable bonds is 7. The Labute approximate surface area is 194 Å². The lowest BCUT2D eigenvalue weighted by Gasteiger charge is -2.09. The molecule has 0 saturated carbocycles. The molecule has 2 heterocycles. The van der Waals surface area contributed by atoms with Crippen molar-refractivity contribution in [3.8, 4) is 11.5 Å². The Kier molecular flexibility index (Phi) is 6.50. The van der Waals surface area contributed by atoms with Crippen LogP contribution in [0.4, 0.5) is 0 Å². The molecule has 0 fully saturated rings. The first-order valence-electron chi connectivity index (χ1n) is 10.2. The van der Waals surface area contributed by atoms with Gasteiger partial charge in [0.05, 0.1) is 24.4 Å². The van der Waals surface area contributed by atoms with E-state index in [9.17, 15) is 9.59 Å². The third kappa shape index (κ3) is 4.78. The number of hydrogen-bond donors (Lipinski definition) is 1. The SMILES string of the molecule is CCn1c(C)nc2cc(C(=O)N/N=C/c3ccc(OC(=O)c4cccs4)c(OC)c3)ccc21. The van der Waals surface area contributed by atoms with Crippen LogP contribution in [-0.4, -0.2) is 34.8 Å². The van der Waals surface area contributed by atoms with Gasteiger partial charge in [0, 0.05) is 12.1 Å². The van der Waals surface area contributed by atoms with Gasteiger partial charge in [-0.25, -0.2) is 15.2 Å². The van der Waals surface area contributed by atoms with Crippen molar-refractivity contribution in [1.29, 1.82) is 0 Å². The van der Waals surface area contributed by atoms with Crippen LogP contribution in [0.5, 0.6) is 11.5 Å². The molecule has 1 N–H and O–H groups in total. The van der Waals surface area contributed by atoms with Gasteiger partial charge in [-0.1, -0.05) is 6.07 Å². The Hall–Kier alpha value is -3.98. The number of imidazole rings is 1. The smallest absolute Gasteiger partial charge is 0.353 e. The highest BCUT2D eigenvalue weighted by Crippen LogP contribution is 2.29. The van der Waals surface area contributed by atoms with E-state index >= 15 is 0 Å². The van der Waals surface area contributed by atoms with Crippen molar-refractivity contribution in [2.75, 3.05) is 7.11 Å². The first-order chi connectivity index (χ1) is 16.0. The average molecular weight is 463 g/mol. The molecule has 1 amide bonds. The molecular weight excluding hydrogens is 440 g/mol.